The number of hydrogen-bond acceptors (Lipinski definition) is 3. The average molecular weight is 278 g/mol. The van der Waals surface area contributed by atoms with Gasteiger partial charge in [0.2, 0.25) is 0 Å². The molecule has 1 aromatic heterocycles. The van der Waals surface area contributed by atoms with Crippen molar-refractivity contribution >= 4 is 11.8 Å². The van der Waals surface area contributed by atoms with Gasteiger partial charge in [0, 0.05) is 35.8 Å². The summed E-state index contributed by atoms with van der Waals surface area (Å²) in [5.41, 5.74) is 6.14. The van der Waals surface area contributed by atoms with E-state index in [1.54, 1.807) is 0 Å². The molecule has 0 radical (unpaired) electrons. The molecule has 1 atom stereocenters. The Morgan fingerprint density at radius 3 is 2.90 bits per heavy atom. The molecule has 3 heteroatoms. The van der Waals surface area contributed by atoms with Crippen LogP contribution in [0.25, 0.3) is 11.8 Å². The Morgan fingerprint density at radius 2 is 2.05 bits per heavy atom. The maximum atomic E-state index is 6.04. The lowest BCUT2D eigenvalue weighted by Gasteiger charge is -2.42. The average Bonchev–Trinajstić information content (AvgIpc) is 2.55. The lowest BCUT2D eigenvalue weighted by atomic mass is 9.97. The van der Waals surface area contributed by atoms with E-state index in [-0.39, 0.29) is 6.23 Å². The van der Waals surface area contributed by atoms with Gasteiger partial charge in [-0.25, -0.2) is 0 Å². The molecule has 4 rings (SSSR count). The third-order valence-corrected chi connectivity index (χ3v) is 4.20. The minimum atomic E-state index is 0.0260. The van der Waals surface area contributed by atoms with Gasteiger partial charge in [0.15, 0.2) is 6.23 Å². The summed E-state index contributed by atoms with van der Waals surface area (Å²) in [5, 5.41) is 0. The van der Waals surface area contributed by atoms with Gasteiger partial charge in [-0.05, 0) is 31.1 Å². The Morgan fingerprint density at radius 1 is 1.19 bits per heavy atom. The number of fused-ring (bicyclic) bond motifs is 3. The van der Waals surface area contributed by atoms with E-state index in [0.29, 0.717) is 0 Å². The fourth-order valence-corrected chi connectivity index (χ4v) is 3.11. The number of aryl methyl sites for hydroxylation is 1. The number of aromatic nitrogens is 1. The highest BCUT2D eigenvalue weighted by atomic mass is 16.5. The molecule has 3 heterocycles. The van der Waals surface area contributed by atoms with Crippen molar-refractivity contribution in [1.29, 1.82) is 0 Å². The summed E-state index contributed by atoms with van der Waals surface area (Å²) in [5.74, 6) is 0. The Labute approximate surface area is 124 Å². The molecule has 2 aliphatic heterocycles. The maximum absolute atomic E-state index is 6.04. The van der Waals surface area contributed by atoms with Crippen molar-refractivity contribution in [3.05, 3.63) is 65.0 Å². The monoisotopic (exact) mass is 278 g/mol. The first-order chi connectivity index (χ1) is 10.3. The molecular formula is C18H18N2O. The van der Waals surface area contributed by atoms with E-state index < -0.39 is 0 Å². The van der Waals surface area contributed by atoms with Crippen molar-refractivity contribution in [3.8, 4) is 0 Å². The molecule has 0 saturated carbocycles. The highest BCUT2D eigenvalue weighted by Crippen LogP contribution is 2.40. The molecule has 2 aromatic rings. The molecule has 1 unspecified atom stereocenters. The predicted octanol–water partition coefficient (Wildman–Crippen LogP) is 3.62. The van der Waals surface area contributed by atoms with Crippen molar-refractivity contribution in [2.24, 2.45) is 0 Å². The minimum absolute atomic E-state index is 0.0260. The number of pyridine rings is 1. The van der Waals surface area contributed by atoms with E-state index in [4.69, 9.17) is 4.74 Å². The minimum Gasteiger partial charge on any atom is -0.354 e. The van der Waals surface area contributed by atoms with Gasteiger partial charge in [-0.2, -0.15) is 0 Å². The van der Waals surface area contributed by atoms with Crippen LogP contribution in [0.3, 0.4) is 0 Å². The molecule has 106 valence electrons. The number of nitrogens with zero attached hydrogens (tertiary/aromatic N) is 2. The lowest BCUT2D eigenvalue weighted by molar-refractivity contribution is -0.0701. The van der Waals surface area contributed by atoms with Gasteiger partial charge in [0.25, 0.3) is 0 Å². The van der Waals surface area contributed by atoms with Gasteiger partial charge in [0.1, 0.15) is 0 Å². The highest BCUT2D eigenvalue weighted by Gasteiger charge is 2.31. The van der Waals surface area contributed by atoms with Crippen LogP contribution in [0, 0.1) is 6.92 Å². The molecule has 0 aliphatic carbocycles. The summed E-state index contributed by atoms with van der Waals surface area (Å²) in [6, 6.07) is 10.8. The van der Waals surface area contributed by atoms with E-state index in [9.17, 15) is 0 Å². The zero-order chi connectivity index (χ0) is 14.2. The SMILES string of the molecule is Cc1ccc(C2=Cc3cnccc3C3OCCCN23)cc1. The van der Waals surface area contributed by atoms with Crippen LogP contribution in [0.2, 0.25) is 0 Å². The van der Waals surface area contributed by atoms with Crippen LogP contribution in [0.5, 0.6) is 0 Å². The zero-order valence-electron chi connectivity index (χ0n) is 12.1. The highest BCUT2D eigenvalue weighted by molar-refractivity contribution is 5.83. The number of benzene rings is 1. The van der Waals surface area contributed by atoms with Crippen molar-refractivity contribution in [1.82, 2.24) is 9.88 Å². The van der Waals surface area contributed by atoms with Crippen LogP contribution in [0.15, 0.2) is 42.7 Å². The van der Waals surface area contributed by atoms with Crippen LogP contribution in [0.1, 0.15) is 34.9 Å². The van der Waals surface area contributed by atoms with Gasteiger partial charge in [-0.1, -0.05) is 29.8 Å². The van der Waals surface area contributed by atoms with Crippen LogP contribution >= 0.6 is 0 Å². The largest absolute Gasteiger partial charge is 0.354 e. The van der Waals surface area contributed by atoms with Crippen LogP contribution < -0.4 is 0 Å². The van der Waals surface area contributed by atoms with Gasteiger partial charge in [-0.15, -0.1) is 0 Å². The molecule has 2 aliphatic rings. The normalized spacial score (nSPS) is 20.5. The van der Waals surface area contributed by atoms with E-state index in [0.717, 1.165) is 25.1 Å². The molecule has 1 saturated heterocycles. The van der Waals surface area contributed by atoms with E-state index in [1.165, 1.54) is 22.4 Å². The maximum Gasteiger partial charge on any atom is 0.157 e. The number of rotatable bonds is 1. The fourth-order valence-electron chi connectivity index (χ4n) is 3.11. The van der Waals surface area contributed by atoms with Crippen molar-refractivity contribution in [2.75, 3.05) is 13.2 Å². The summed E-state index contributed by atoms with van der Waals surface area (Å²) in [6.45, 7) is 3.97. The van der Waals surface area contributed by atoms with E-state index in [1.807, 2.05) is 12.4 Å². The standard InChI is InChI=1S/C18H18N2O/c1-13-3-5-14(6-4-13)17-11-15-12-19-8-7-16(15)18-20(17)9-2-10-21-18/h3-8,11-12,18H,2,9-10H2,1H3. The van der Waals surface area contributed by atoms with Gasteiger partial charge in [0.05, 0.1) is 6.61 Å². The van der Waals surface area contributed by atoms with Crippen molar-refractivity contribution in [2.45, 2.75) is 19.6 Å². The first-order valence-corrected chi connectivity index (χ1v) is 7.44. The van der Waals surface area contributed by atoms with Crippen molar-refractivity contribution < 1.29 is 4.74 Å². The molecule has 21 heavy (non-hydrogen) atoms. The molecule has 0 amide bonds. The van der Waals surface area contributed by atoms with Crippen LogP contribution in [0.4, 0.5) is 0 Å². The third kappa shape index (κ3) is 2.14. The Hall–Kier alpha value is -2.13. The topological polar surface area (TPSA) is 25.4 Å². The quantitative estimate of drug-likeness (QED) is 0.796. The molecule has 0 spiro atoms. The van der Waals surface area contributed by atoms with Crippen LogP contribution in [-0.4, -0.2) is 23.0 Å². The fraction of sp³-hybridized carbons (Fsp3) is 0.278. The number of ether oxygens (including phenoxy) is 1. The molecule has 0 bridgehead atoms. The molecular weight excluding hydrogens is 260 g/mol. The first-order valence-electron chi connectivity index (χ1n) is 7.44. The third-order valence-electron chi connectivity index (χ3n) is 4.20. The number of hydrogen-bond donors (Lipinski definition) is 0. The summed E-state index contributed by atoms with van der Waals surface area (Å²) >= 11 is 0. The summed E-state index contributed by atoms with van der Waals surface area (Å²) in [4.78, 5) is 6.63. The second-order valence-electron chi connectivity index (χ2n) is 5.67. The molecule has 1 fully saturated rings. The van der Waals surface area contributed by atoms with Crippen LogP contribution in [-0.2, 0) is 4.74 Å². The first kappa shape index (κ1) is 12.6. The van der Waals surface area contributed by atoms with E-state index >= 15 is 0 Å². The Kier molecular flexibility index (Phi) is 3.00. The van der Waals surface area contributed by atoms with Crippen molar-refractivity contribution in [3.63, 3.8) is 0 Å². The molecule has 0 N–H and O–H groups in total. The second-order valence-corrected chi connectivity index (χ2v) is 5.67. The second kappa shape index (κ2) is 5.01. The Bertz CT molecular complexity index is 691. The molecule has 3 nitrogen and oxygen atoms in total. The van der Waals surface area contributed by atoms with Gasteiger partial charge < -0.3 is 9.64 Å². The lowest BCUT2D eigenvalue weighted by Crippen LogP contribution is -2.37. The van der Waals surface area contributed by atoms with Gasteiger partial charge in [-0.3, -0.25) is 4.98 Å². The van der Waals surface area contributed by atoms with E-state index in [2.05, 4.69) is 53.2 Å². The Balaban J connectivity index is 1.85. The molecule has 1 aromatic carbocycles. The summed E-state index contributed by atoms with van der Waals surface area (Å²) < 4.78 is 6.04. The zero-order valence-corrected chi connectivity index (χ0v) is 12.1. The predicted molar refractivity (Wildman–Crippen MR) is 83.3 cm³/mol. The summed E-state index contributed by atoms with van der Waals surface area (Å²) in [7, 11) is 0. The smallest absolute Gasteiger partial charge is 0.157 e. The van der Waals surface area contributed by atoms with Gasteiger partial charge >= 0.3 is 0 Å². The summed E-state index contributed by atoms with van der Waals surface area (Å²) in [6.07, 6.45) is 7.11.